The number of rotatable bonds is 13. The van der Waals surface area contributed by atoms with Crippen LogP contribution in [0.4, 0.5) is 0 Å². The first-order valence-corrected chi connectivity index (χ1v) is 11.7. The number of aliphatic carboxylic acids is 1. The lowest BCUT2D eigenvalue weighted by molar-refractivity contribution is -0.142. The largest absolute Gasteiger partial charge is 0.480 e. The summed E-state index contributed by atoms with van der Waals surface area (Å²) in [5.41, 5.74) is 12.7. The number of nitrogens with two attached hydrogens (primary N) is 2. The van der Waals surface area contributed by atoms with Gasteiger partial charge in [-0.3, -0.25) is 24.0 Å². The van der Waals surface area contributed by atoms with Crippen LogP contribution in [0.25, 0.3) is 10.9 Å². The zero-order valence-corrected chi connectivity index (χ0v) is 20.5. The van der Waals surface area contributed by atoms with Gasteiger partial charge in [0.2, 0.25) is 23.6 Å². The van der Waals surface area contributed by atoms with Crippen LogP contribution in [0, 0.1) is 5.92 Å². The molecule has 12 nitrogen and oxygen atoms in total. The van der Waals surface area contributed by atoms with Crippen LogP contribution in [0.15, 0.2) is 30.5 Å². The molecule has 196 valence electrons. The van der Waals surface area contributed by atoms with Gasteiger partial charge in [-0.25, -0.2) is 0 Å². The lowest BCUT2D eigenvalue weighted by atomic mass is 9.98. The van der Waals surface area contributed by atoms with Crippen molar-refractivity contribution in [3.05, 3.63) is 36.0 Å². The van der Waals surface area contributed by atoms with Crippen LogP contribution in [0.3, 0.4) is 0 Å². The van der Waals surface area contributed by atoms with Crippen molar-refractivity contribution >= 4 is 40.5 Å². The van der Waals surface area contributed by atoms with Crippen LogP contribution in [-0.2, 0) is 30.4 Å². The second-order valence-corrected chi connectivity index (χ2v) is 8.84. The van der Waals surface area contributed by atoms with Gasteiger partial charge in [-0.05, 0) is 24.5 Å². The summed E-state index contributed by atoms with van der Waals surface area (Å²) in [4.78, 5) is 64.6. The molecule has 0 spiro atoms. The molecule has 0 saturated carbocycles. The summed E-state index contributed by atoms with van der Waals surface area (Å²) in [6, 6.07) is 2.62. The minimum absolute atomic E-state index is 0.0115. The number of carbonyl (C=O) groups is 5. The molecule has 0 fully saturated rings. The van der Waals surface area contributed by atoms with E-state index in [9.17, 15) is 29.1 Å². The number of carbonyl (C=O) groups excluding carboxylic acids is 4. The summed E-state index contributed by atoms with van der Waals surface area (Å²) in [5, 5.41) is 17.3. The van der Waals surface area contributed by atoms with E-state index in [-0.39, 0.29) is 12.3 Å². The highest BCUT2D eigenvalue weighted by Crippen LogP contribution is 2.19. The zero-order chi connectivity index (χ0) is 27.0. The van der Waals surface area contributed by atoms with Gasteiger partial charge in [0.1, 0.15) is 18.1 Å². The highest BCUT2D eigenvalue weighted by Gasteiger charge is 2.31. The first kappa shape index (κ1) is 28.3. The fourth-order valence-corrected chi connectivity index (χ4v) is 3.57. The summed E-state index contributed by atoms with van der Waals surface area (Å²) >= 11 is 0. The van der Waals surface area contributed by atoms with Gasteiger partial charge in [-0.15, -0.1) is 0 Å². The van der Waals surface area contributed by atoms with Crippen LogP contribution in [0.1, 0.15) is 39.2 Å². The lowest BCUT2D eigenvalue weighted by Gasteiger charge is -2.25. The second-order valence-electron chi connectivity index (χ2n) is 8.84. The number of carboxylic acids is 1. The van der Waals surface area contributed by atoms with E-state index in [1.54, 1.807) is 13.1 Å². The summed E-state index contributed by atoms with van der Waals surface area (Å²) in [7, 11) is 0. The summed E-state index contributed by atoms with van der Waals surface area (Å²) in [6.07, 6.45) is 1.80. The molecule has 0 aliphatic heterocycles. The van der Waals surface area contributed by atoms with Crippen molar-refractivity contribution in [3.63, 3.8) is 0 Å². The number of benzene rings is 1. The Morgan fingerprint density at radius 2 is 1.58 bits per heavy atom. The third kappa shape index (κ3) is 7.54. The molecule has 5 atom stereocenters. The molecular weight excluding hydrogens is 468 g/mol. The van der Waals surface area contributed by atoms with Crippen LogP contribution < -0.4 is 27.4 Å². The van der Waals surface area contributed by atoms with Crippen molar-refractivity contribution in [2.24, 2.45) is 17.4 Å². The van der Waals surface area contributed by atoms with Crippen molar-refractivity contribution in [3.8, 4) is 0 Å². The SMILES string of the molecule is CCC(C)C(N)C(=O)NC(CC(N)=O)C(=O)NC(Cc1c[nH]c2ccccc12)C(=O)NC(C)C(=O)O. The molecule has 0 aliphatic rings. The van der Waals surface area contributed by atoms with Gasteiger partial charge in [-0.2, -0.15) is 0 Å². The fraction of sp³-hybridized carbons (Fsp3) is 0.458. The summed E-state index contributed by atoms with van der Waals surface area (Å²) in [6.45, 7) is 4.92. The van der Waals surface area contributed by atoms with E-state index < -0.39 is 60.2 Å². The maximum Gasteiger partial charge on any atom is 0.325 e. The number of aromatic amines is 1. The summed E-state index contributed by atoms with van der Waals surface area (Å²) < 4.78 is 0. The van der Waals surface area contributed by atoms with Crippen LogP contribution >= 0.6 is 0 Å². The van der Waals surface area contributed by atoms with Gasteiger partial charge in [0.05, 0.1) is 12.5 Å². The molecule has 0 radical (unpaired) electrons. The molecule has 4 amide bonds. The Labute approximate surface area is 208 Å². The van der Waals surface area contributed by atoms with E-state index >= 15 is 0 Å². The Hall–Kier alpha value is -3.93. The number of fused-ring (bicyclic) bond motifs is 1. The summed E-state index contributed by atoms with van der Waals surface area (Å²) in [5.74, 6) is -4.49. The number of primary amides is 1. The molecule has 5 unspecified atom stereocenters. The molecule has 1 heterocycles. The molecule has 2 aromatic rings. The molecular formula is C24H34N6O6. The molecule has 0 saturated heterocycles. The average molecular weight is 503 g/mol. The molecule has 12 heteroatoms. The monoisotopic (exact) mass is 502 g/mol. The maximum absolute atomic E-state index is 13.1. The first-order chi connectivity index (χ1) is 16.9. The van der Waals surface area contributed by atoms with Crippen LogP contribution in [0.5, 0.6) is 0 Å². The molecule has 1 aromatic heterocycles. The van der Waals surface area contributed by atoms with Gasteiger partial charge in [0.15, 0.2) is 0 Å². The Bertz CT molecular complexity index is 1120. The van der Waals surface area contributed by atoms with Crippen molar-refractivity contribution in [2.75, 3.05) is 0 Å². The predicted octanol–water partition coefficient (Wildman–Crippen LogP) is -0.482. The zero-order valence-electron chi connectivity index (χ0n) is 20.5. The van der Waals surface area contributed by atoms with Crippen molar-refractivity contribution in [1.82, 2.24) is 20.9 Å². The van der Waals surface area contributed by atoms with Crippen LogP contribution in [0.2, 0.25) is 0 Å². The fourth-order valence-electron chi connectivity index (χ4n) is 3.57. The molecule has 1 aromatic carbocycles. The number of aromatic nitrogens is 1. The van der Waals surface area contributed by atoms with Crippen molar-refractivity contribution in [1.29, 1.82) is 0 Å². The molecule has 9 N–H and O–H groups in total. The number of hydrogen-bond donors (Lipinski definition) is 7. The molecule has 0 bridgehead atoms. The number of para-hydroxylation sites is 1. The highest BCUT2D eigenvalue weighted by atomic mass is 16.4. The minimum atomic E-state index is -1.37. The van der Waals surface area contributed by atoms with Crippen molar-refractivity contribution < 1.29 is 29.1 Å². The van der Waals surface area contributed by atoms with E-state index in [1.165, 1.54) is 6.92 Å². The second kappa shape index (κ2) is 12.7. The van der Waals surface area contributed by atoms with Crippen molar-refractivity contribution in [2.45, 2.75) is 64.2 Å². The first-order valence-electron chi connectivity index (χ1n) is 11.7. The minimum Gasteiger partial charge on any atom is -0.480 e. The third-order valence-corrected chi connectivity index (χ3v) is 6.06. The molecule has 36 heavy (non-hydrogen) atoms. The maximum atomic E-state index is 13.1. The van der Waals surface area contributed by atoms with E-state index in [2.05, 4.69) is 20.9 Å². The molecule has 0 aliphatic carbocycles. The Morgan fingerprint density at radius 3 is 2.19 bits per heavy atom. The number of amides is 4. The quantitative estimate of drug-likeness (QED) is 0.191. The Balaban J connectivity index is 2.29. The standard InChI is InChI=1S/C24H34N6O6/c1-4-12(2)20(26)23(34)30-18(10-19(25)31)22(33)29-17(21(32)28-13(3)24(35)36)9-14-11-27-16-8-6-5-7-15(14)16/h5-8,11-13,17-18,20,27H,4,9-10,26H2,1-3H3,(H2,25,31)(H,28,32)(H,29,33)(H,30,34)(H,35,36). The van der Waals surface area contributed by atoms with Gasteiger partial charge < -0.3 is 37.5 Å². The average Bonchev–Trinajstić information content (AvgIpc) is 3.24. The van der Waals surface area contributed by atoms with Gasteiger partial charge in [0, 0.05) is 23.5 Å². The number of H-pyrrole nitrogens is 1. The highest BCUT2D eigenvalue weighted by molar-refractivity contribution is 5.96. The van der Waals surface area contributed by atoms with E-state index in [0.29, 0.717) is 12.0 Å². The van der Waals surface area contributed by atoms with Gasteiger partial charge in [-0.1, -0.05) is 38.5 Å². The van der Waals surface area contributed by atoms with Gasteiger partial charge >= 0.3 is 5.97 Å². The number of nitrogens with one attached hydrogen (secondary N) is 4. The van der Waals surface area contributed by atoms with E-state index in [4.69, 9.17) is 11.5 Å². The lowest BCUT2D eigenvalue weighted by Crippen LogP contribution is -2.58. The van der Waals surface area contributed by atoms with Gasteiger partial charge in [0.25, 0.3) is 0 Å². The number of carboxylic acid groups (broad SMARTS) is 1. The third-order valence-electron chi connectivity index (χ3n) is 6.06. The van der Waals surface area contributed by atoms with Crippen LogP contribution in [-0.4, -0.2) is 63.9 Å². The topological polar surface area (TPSA) is 209 Å². The Morgan fingerprint density at radius 1 is 0.972 bits per heavy atom. The normalized spacial score (nSPS) is 15.2. The molecule has 2 rings (SSSR count). The van der Waals surface area contributed by atoms with E-state index in [1.807, 2.05) is 31.2 Å². The predicted molar refractivity (Wildman–Crippen MR) is 132 cm³/mol. The number of hydrogen-bond acceptors (Lipinski definition) is 6. The smallest absolute Gasteiger partial charge is 0.325 e. The van der Waals surface area contributed by atoms with E-state index in [0.717, 1.165) is 10.9 Å². The Kier molecular flexibility index (Phi) is 9.97.